The van der Waals surface area contributed by atoms with Gasteiger partial charge in [-0.25, -0.2) is 0 Å². The smallest absolute Gasteiger partial charge is 0.237 e. The fourth-order valence-corrected chi connectivity index (χ4v) is 5.00. The summed E-state index contributed by atoms with van der Waals surface area (Å²) < 4.78 is 5.79. The van der Waals surface area contributed by atoms with E-state index >= 15 is 0 Å². The standard InChI is InChI=1S/C18H33ClN2O5S.ClH/c1-5-6-10-7-11(21(3)8-10)17(25)20-12(9(2)19)16-14(23)13(22)15(24)18(26-16)27-4;/h9-16,18,22-24H,5-8H2,1-4H3,(H,20,25);1H/t9?,10-,11+,12+,13-,14+,15+,16?,18+;/m0./s1. The van der Waals surface area contributed by atoms with Crippen molar-refractivity contribution >= 4 is 41.7 Å². The molecule has 2 aliphatic heterocycles. The van der Waals surface area contributed by atoms with Gasteiger partial charge in [-0.1, -0.05) is 13.3 Å². The molecule has 2 unspecified atom stereocenters. The van der Waals surface area contributed by atoms with E-state index in [9.17, 15) is 20.1 Å². The summed E-state index contributed by atoms with van der Waals surface area (Å²) in [6.45, 7) is 4.74. The van der Waals surface area contributed by atoms with Crippen molar-refractivity contribution < 1.29 is 24.9 Å². The molecule has 2 heterocycles. The van der Waals surface area contributed by atoms with Crippen LogP contribution in [0.4, 0.5) is 0 Å². The van der Waals surface area contributed by atoms with E-state index in [0.717, 1.165) is 25.8 Å². The normalized spacial score (nSPS) is 38.5. The zero-order valence-electron chi connectivity index (χ0n) is 16.8. The predicted octanol–water partition coefficient (Wildman–Crippen LogP) is 0.811. The highest BCUT2D eigenvalue weighted by molar-refractivity contribution is 7.99. The summed E-state index contributed by atoms with van der Waals surface area (Å²) >= 11 is 7.55. The molecule has 2 rings (SSSR count). The first kappa shape index (κ1) is 26.2. The number of amides is 1. The van der Waals surface area contributed by atoms with Crippen LogP contribution < -0.4 is 5.32 Å². The van der Waals surface area contributed by atoms with Crippen molar-refractivity contribution in [3.63, 3.8) is 0 Å². The van der Waals surface area contributed by atoms with Gasteiger partial charge < -0.3 is 25.4 Å². The summed E-state index contributed by atoms with van der Waals surface area (Å²) in [5.41, 5.74) is -0.702. The molecule has 0 bridgehead atoms. The lowest BCUT2D eigenvalue weighted by Crippen LogP contribution is -2.65. The molecule has 9 atom stereocenters. The summed E-state index contributed by atoms with van der Waals surface area (Å²) in [6.07, 6.45) is -0.0980. The lowest BCUT2D eigenvalue weighted by Gasteiger charge is -2.44. The molecule has 2 saturated heterocycles. The Morgan fingerprint density at radius 3 is 2.50 bits per heavy atom. The quantitative estimate of drug-likeness (QED) is 0.416. The molecule has 28 heavy (non-hydrogen) atoms. The average Bonchev–Trinajstić information content (AvgIpc) is 2.99. The number of likely N-dealkylation sites (tertiary alicyclic amines) is 1. The first-order valence-corrected chi connectivity index (χ1v) is 11.3. The molecule has 2 aliphatic rings. The van der Waals surface area contributed by atoms with Crippen LogP contribution in [0.1, 0.15) is 33.1 Å². The highest BCUT2D eigenvalue weighted by atomic mass is 35.5. The lowest BCUT2D eigenvalue weighted by atomic mass is 9.92. The third-order valence-electron chi connectivity index (χ3n) is 5.63. The average molecular weight is 461 g/mol. The summed E-state index contributed by atoms with van der Waals surface area (Å²) in [7, 11) is 1.94. The highest BCUT2D eigenvalue weighted by Gasteiger charge is 2.48. The topological polar surface area (TPSA) is 102 Å². The number of halogens is 2. The summed E-state index contributed by atoms with van der Waals surface area (Å²) in [5.74, 6) is 0.350. The SMILES string of the molecule is CCC[C@H]1C[C@H](C(=O)N[C@H](C(C)Cl)C2O[C@H](SC)[C@H](O)[C@@H](O)[C@H]2O)N(C)C1.Cl. The number of aliphatic hydroxyl groups is 3. The van der Waals surface area contributed by atoms with E-state index in [1.165, 1.54) is 11.8 Å². The van der Waals surface area contributed by atoms with Crippen LogP contribution in [0, 0.1) is 5.92 Å². The van der Waals surface area contributed by atoms with Gasteiger partial charge >= 0.3 is 0 Å². The van der Waals surface area contributed by atoms with Crippen LogP contribution in [0.5, 0.6) is 0 Å². The Morgan fingerprint density at radius 1 is 1.32 bits per heavy atom. The minimum absolute atomic E-state index is 0. The van der Waals surface area contributed by atoms with E-state index in [-0.39, 0.29) is 24.4 Å². The van der Waals surface area contributed by atoms with E-state index in [4.69, 9.17) is 16.3 Å². The van der Waals surface area contributed by atoms with Gasteiger partial charge in [0.2, 0.25) is 5.91 Å². The van der Waals surface area contributed by atoms with Crippen LogP contribution in [0.15, 0.2) is 0 Å². The van der Waals surface area contributed by atoms with Crippen molar-refractivity contribution in [2.45, 2.75) is 80.4 Å². The summed E-state index contributed by atoms with van der Waals surface area (Å²) in [6, 6.07) is -0.934. The number of alkyl halides is 1. The molecule has 0 spiro atoms. The van der Waals surface area contributed by atoms with Gasteiger partial charge in [0, 0.05) is 6.54 Å². The van der Waals surface area contributed by atoms with Crippen LogP contribution >= 0.6 is 35.8 Å². The fourth-order valence-electron chi connectivity index (χ4n) is 4.11. The number of rotatable bonds is 7. The van der Waals surface area contributed by atoms with Crippen LogP contribution in [-0.2, 0) is 9.53 Å². The second kappa shape index (κ2) is 11.6. The Labute approximate surface area is 182 Å². The minimum Gasteiger partial charge on any atom is -0.388 e. The Bertz CT molecular complexity index is 503. The molecule has 10 heteroatoms. The number of thioether (sulfide) groups is 1. The van der Waals surface area contributed by atoms with Crippen molar-refractivity contribution in [3.05, 3.63) is 0 Å². The Kier molecular flexibility index (Phi) is 10.8. The second-order valence-electron chi connectivity index (χ2n) is 7.73. The van der Waals surface area contributed by atoms with E-state index in [1.54, 1.807) is 13.2 Å². The van der Waals surface area contributed by atoms with Gasteiger partial charge in [0.15, 0.2) is 0 Å². The first-order valence-electron chi connectivity index (χ1n) is 9.58. The van der Waals surface area contributed by atoms with Crippen molar-refractivity contribution in [2.24, 2.45) is 5.92 Å². The number of carbonyl (C=O) groups is 1. The minimum atomic E-state index is -1.36. The molecule has 166 valence electrons. The van der Waals surface area contributed by atoms with E-state index < -0.39 is 41.3 Å². The molecule has 0 aliphatic carbocycles. The largest absolute Gasteiger partial charge is 0.388 e. The van der Waals surface area contributed by atoms with Gasteiger partial charge in [0.1, 0.15) is 29.9 Å². The maximum Gasteiger partial charge on any atom is 0.237 e. The Balaban J connectivity index is 0.00000392. The zero-order chi connectivity index (χ0) is 20.3. The molecular formula is C18H34Cl2N2O5S. The van der Waals surface area contributed by atoms with Crippen molar-refractivity contribution in [1.82, 2.24) is 10.2 Å². The second-order valence-corrected chi connectivity index (χ2v) is 9.36. The summed E-state index contributed by atoms with van der Waals surface area (Å²) in [5, 5.41) is 33.0. The lowest BCUT2D eigenvalue weighted by molar-refractivity contribution is -0.205. The van der Waals surface area contributed by atoms with Gasteiger partial charge in [0.25, 0.3) is 0 Å². The number of carbonyl (C=O) groups excluding carboxylic acids is 1. The van der Waals surface area contributed by atoms with Crippen molar-refractivity contribution in [2.75, 3.05) is 19.8 Å². The highest BCUT2D eigenvalue weighted by Crippen LogP contribution is 2.31. The molecule has 0 aromatic carbocycles. The molecule has 4 N–H and O–H groups in total. The first-order chi connectivity index (χ1) is 12.7. The summed E-state index contributed by atoms with van der Waals surface area (Å²) in [4.78, 5) is 14.9. The molecule has 7 nitrogen and oxygen atoms in total. The Hall–Kier alpha value is 0.200. The number of aliphatic hydroxyl groups excluding tert-OH is 3. The molecule has 1 amide bonds. The Morgan fingerprint density at radius 2 is 1.96 bits per heavy atom. The maximum atomic E-state index is 12.9. The van der Waals surface area contributed by atoms with Crippen LogP contribution in [0.2, 0.25) is 0 Å². The van der Waals surface area contributed by atoms with E-state index in [2.05, 4.69) is 12.2 Å². The number of hydrogen-bond donors (Lipinski definition) is 4. The van der Waals surface area contributed by atoms with Crippen LogP contribution in [0.25, 0.3) is 0 Å². The zero-order valence-corrected chi connectivity index (χ0v) is 19.2. The van der Waals surface area contributed by atoms with E-state index in [1.807, 2.05) is 11.9 Å². The van der Waals surface area contributed by atoms with Gasteiger partial charge in [-0.3, -0.25) is 9.69 Å². The van der Waals surface area contributed by atoms with Gasteiger partial charge in [-0.05, 0) is 39.0 Å². The predicted molar refractivity (Wildman–Crippen MR) is 114 cm³/mol. The molecule has 0 aromatic rings. The third kappa shape index (κ3) is 5.88. The van der Waals surface area contributed by atoms with Crippen LogP contribution in [-0.4, -0.2) is 93.3 Å². The molecule has 2 fully saturated rings. The molecule has 0 aromatic heterocycles. The fraction of sp³-hybridized carbons (Fsp3) is 0.944. The molecular weight excluding hydrogens is 427 g/mol. The van der Waals surface area contributed by atoms with Gasteiger partial charge in [-0.15, -0.1) is 35.8 Å². The van der Waals surface area contributed by atoms with Crippen LogP contribution in [0.3, 0.4) is 0 Å². The van der Waals surface area contributed by atoms with Crippen molar-refractivity contribution in [3.8, 4) is 0 Å². The number of nitrogens with one attached hydrogen (secondary N) is 1. The van der Waals surface area contributed by atoms with Gasteiger partial charge in [-0.2, -0.15) is 0 Å². The van der Waals surface area contributed by atoms with E-state index in [0.29, 0.717) is 5.92 Å². The molecule has 0 saturated carbocycles. The third-order valence-corrected chi connectivity index (χ3v) is 6.76. The number of likely N-dealkylation sites (N-methyl/N-ethyl adjacent to an activating group) is 1. The number of ether oxygens (including phenoxy) is 1. The monoisotopic (exact) mass is 460 g/mol. The van der Waals surface area contributed by atoms with Crippen molar-refractivity contribution in [1.29, 1.82) is 0 Å². The number of hydrogen-bond acceptors (Lipinski definition) is 7. The molecule has 0 radical (unpaired) electrons. The number of nitrogens with zero attached hydrogens (tertiary/aromatic N) is 1. The maximum absolute atomic E-state index is 12.9. The van der Waals surface area contributed by atoms with Gasteiger partial charge in [0.05, 0.1) is 17.5 Å².